The lowest BCUT2D eigenvalue weighted by Gasteiger charge is -2.27. The maximum atomic E-state index is 12.2. The fourth-order valence-electron chi connectivity index (χ4n) is 5.17. The van der Waals surface area contributed by atoms with Crippen LogP contribution in [0.25, 0.3) is 0 Å². The highest BCUT2D eigenvalue weighted by Gasteiger charge is 2.37. The quantitative estimate of drug-likeness (QED) is 0.157. The van der Waals surface area contributed by atoms with Crippen LogP contribution in [0.2, 0.25) is 0 Å². The zero-order valence-electron chi connectivity index (χ0n) is 23.9. The van der Waals surface area contributed by atoms with Crippen LogP contribution in [0.4, 0.5) is 9.59 Å². The third-order valence-corrected chi connectivity index (χ3v) is 7.62. The van der Waals surface area contributed by atoms with E-state index in [2.05, 4.69) is 22.5 Å². The van der Waals surface area contributed by atoms with Crippen molar-refractivity contribution in [3.05, 3.63) is 30.1 Å². The summed E-state index contributed by atoms with van der Waals surface area (Å²) in [4.78, 5) is 28.5. The van der Waals surface area contributed by atoms with Gasteiger partial charge >= 0.3 is 12.2 Å². The van der Waals surface area contributed by atoms with Crippen LogP contribution in [0.1, 0.15) is 128 Å². The summed E-state index contributed by atoms with van der Waals surface area (Å²) in [5.41, 5.74) is 0.494. The number of amides is 2. The van der Waals surface area contributed by atoms with E-state index in [9.17, 15) is 9.59 Å². The summed E-state index contributed by atoms with van der Waals surface area (Å²) < 4.78 is 11.0. The molecule has 216 valence electrons. The SMILES string of the molecule is CCCCCCCCCCCCCCCCNC(=O)OCC1(COC(=O)NCc2ccccn2)CCCC1. The first-order chi connectivity index (χ1) is 18.6. The standard InChI is InChI=1S/C31H53N3O4/c1-2-3-4-5-6-7-8-9-10-11-12-13-14-18-24-33-29(35)37-26-31(21-16-17-22-31)27-38-30(36)34-25-28-20-15-19-23-32-28/h15,19-20,23H,2-14,16-18,21-22,24-27H2,1H3,(H,33,35)(H,34,36). The predicted octanol–water partition coefficient (Wildman–Crippen LogP) is 8.08. The third kappa shape index (κ3) is 15.2. The molecule has 1 aromatic rings. The Hall–Kier alpha value is -2.31. The highest BCUT2D eigenvalue weighted by Crippen LogP contribution is 2.38. The van der Waals surface area contributed by atoms with Crippen LogP contribution in [0.5, 0.6) is 0 Å². The highest BCUT2D eigenvalue weighted by molar-refractivity contribution is 5.67. The first-order valence-electron chi connectivity index (χ1n) is 15.3. The van der Waals surface area contributed by atoms with Crippen LogP contribution in [-0.4, -0.2) is 36.9 Å². The van der Waals surface area contributed by atoms with E-state index < -0.39 is 6.09 Å². The Bertz CT molecular complexity index is 738. The predicted molar refractivity (Wildman–Crippen MR) is 153 cm³/mol. The molecule has 2 N–H and O–H groups in total. The Morgan fingerprint density at radius 2 is 1.29 bits per heavy atom. The molecule has 1 saturated carbocycles. The maximum absolute atomic E-state index is 12.2. The van der Waals surface area contributed by atoms with Crippen molar-refractivity contribution in [1.29, 1.82) is 0 Å². The lowest BCUT2D eigenvalue weighted by Crippen LogP contribution is -2.36. The van der Waals surface area contributed by atoms with E-state index in [0.717, 1.165) is 44.2 Å². The van der Waals surface area contributed by atoms with Crippen molar-refractivity contribution in [1.82, 2.24) is 15.6 Å². The first-order valence-corrected chi connectivity index (χ1v) is 15.3. The largest absolute Gasteiger partial charge is 0.449 e. The number of pyridine rings is 1. The number of alkyl carbamates (subject to hydrolysis) is 2. The molecule has 7 nitrogen and oxygen atoms in total. The van der Waals surface area contributed by atoms with Gasteiger partial charge in [-0.15, -0.1) is 0 Å². The van der Waals surface area contributed by atoms with Crippen LogP contribution in [0, 0.1) is 5.41 Å². The molecular formula is C31H53N3O4. The Balaban J connectivity index is 1.44. The summed E-state index contributed by atoms with van der Waals surface area (Å²) >= 11 is 0. The van der Waals surface area contributed by atoms with Crippen LogP contribution < -0.4 is 10.6 Å². The second kappa shape index (κ2) is 20.6. The number of hydrogen-bond donors (Lipinski definition) is 2. The Kier molecular flexibility index (Phi) is 17.3. The van der Waals surface area contributed by atoms with Gasteiger partial charge in [-0.1, -0.05) is 109 Å². The van der Waals surface area contributed by atoms with E-state index in [4.69, 9.17) is 9.47 Å². The minimum Gasteiger partial charge on any atom is -0.449 e. The number of rotatable bonds is 21. The Labute approximate surface area is 231 Å². The fraction of sp³-hybridized carbons (Fsp3) is 0.774. The average Bonchev–Trinajstić information content (AvgIpc) is 3.41. The van der Waals surface area contributed by atoms with Crippen molar-refractivity contribution < 1.29 is 19.1 Å². The number of nitrogens with one attached hydrogen (secondary N) is 2. The van der Waals surface area contributed by atoms with Crippen molar-refractivity contribution in [3.8, 4) is 0 Å². The molecule has 2 rings (SSSR count). The molecule has 0 spiro atoms. The van der Waals surface area contributed by atoms with Crippen LogP contribution in [0.15, 0.2) is 24.4 Å². The molecule has 0 saturated heterocycles. The van der Waals surface area contributed by atoms with Gasteiger partial charge in [0.25, 0.3) is 0 Å². The first kappa shape index (κ1) is 31.9. The third-order valence-electron chi connectivity index (χ3n) is 7.62. The number of aromatic nitrogens is 1. The lowest BCUT2D eigenvalue weighted by atomic mass is 9.88. The number of carbonyl (C=O) groups excluding carboxylic acids is 2. The van der Waals surface area contributed by atoms with Crippen LogP contribution >= 0.6 is 0 Å². The topological polar surface area (TPSA) is 89.5 Å². The molecule has 38 heavy (non-hydrogen) atoms. The van der Waals surface area contributed by atoms with Crippen molar-refractivity contribution in [2.75, 3.05) is 19.8 Å². The van der Waals surface area contributed by atoms with Gasteiger partial charge in [0.15, 0.2) is 0 Å². The van der Waals surface area contributed by atoms with Crippen molar-refractivity contribution >= 4 is 12.2 Å². The molecule has 0 aromatic carbocycles. The smallest absolute Gasteiger partial charge is 0.407 e. The van der Waals surface area contributed by atoms with Crippen LogP contribution in [-0.2, 0) is 16.0 Å². The van der Waals surface area contributed by atoms with Crippen LogP contribution in [0.3, 0.4) is 0 Å². The van der Waals surface area contributed by atoms with Crippen molar-refractivity contribution in [2.24, 2.45) is 5.41 Å². The number of carbonyl (C=O) groups is 2. The molecule has 1 aliphatic rings. The van der Waals surface area contributed by atoms with Gasteiger partial charge in [0.2, 0.25) is 0 Å². The second-order valence-electron chi connectivity index (χ2n) is 11.1. The lowest BCUT2D eigenvalue weighted by molar-refractivity contribution is 0.0296. The van der Waals surface area contributed by atoms with E-state index in [1.165, 1.54) is 77.0 Å². The Morgan fingerprint density at radius 1 is 0.763 bits per heavy atom. The van der Waals surface area contributed by atoms with E-state index >= 15 is 0 Å². The zero-order chi connectivity index (χ0) is 27.2. The number of unbranched alkanes of at least 4 members (excludes halogenated alkanes) is 13. The normalized spacial score (nSPS) is 14.2. The van der Waals surface area contributed by atoms with Gasteiger partial charge in [0.1, 0.15) is 13.2 Å². The minimum absolute atomic E-state index is 0.257. The average molecular weight is 532 g/mol. The van der Waals surface area contributed by atoms with E-state index in [0.29, 0.717) is 13.1 Å². The molecule has 2 amide bonds. The maximum Gasteiger partial charge on any atom is 0.407 e. The molecular weight excluding hydrogens is 478 g/mol. The van der Waals surface area contributed by atoms with Crippen molar-refractivity contribution in [3.63, 3.8) is 0 Å². The second-order valence-corrected chi connectivity index (χ2v) is 11.1. The summed E-state index contributed by atoms with van der Waals surface area (Å²) in [5.74, 6) is 0. The molecule has 1 heterocycles. The number of ether oxygens (including phenoxy) is 2. The summed E-state index contributed by atoms with van der Waals surface area (Å²) in [5, 5.41) is 5.61. The summed E-state index contributed by atoms with van der Waals surface area (Å²) in [6.07, 6.45) is 23.2. The molecule has 0 atom stereocenters. The minimum atomic E-state index is -0.468. The molecule has 1 aromatic heterocycles. The zero-order valence-corrected chi connectivity index (χ0v) is 23.9. The van der Waals surface area contributed by atoms with Gasteiger partial charge in [-0.3, -0.25) is 4.98 Å². The molecule has 0 unspecified atom stereocenters. The monoisotopic (exact) mass is 531 g/mol. The van der Waals surface area contributed by atoms with Gasteiger partial charge in [-0.25, -0.2) is 9.59 Å². The van der Waals surface area contributed by atoms with E-state index in [-0.39, 0.29) is 24.7 Å². The fourth-order valence-corrected chi connectivity index (χ4v) is 5.17. The van der Waals surface area contributed by atoms with Gasteiger partial charge in [-0.05, 0) is 31.4 Å². The molecule has 1 aliphatic carbocycles. The molecule has 0 bridgehead atoms. The number of nitrogens with zero attached hydrogens (tertiary/aromatic N) is 1. The number of hydrogen-bond acceptors (Lipinski definition) is 5. The van der Waals surface area contributed by atoms with Gasteiger partial charge in [-0.2, -0.15) is 0 Å². The molecule has 7 heteroatoms. The van der Waals surface area contributed by atoms with E-state index in [1.807, 2.05) is 18.2 Å². The van der Waals surface area contributed by atoms with Gasteiger partial charge in [0, 0.05) is 18.2 Å². The molecule has 0 radical (unpaired) electrons. The van der Waals surface area contributed by atoms with Gasteiger partial charge < -0.3 is 20.1 Å². The van der Waals surface area contributed by atoms with Crippen molar-refractivity contribution in [2.45, 2.75) is 129 Å². The summed E-state index contributed by atoms with van der Waals surface area (Å²) in [7, 11) is 0. The summed E-state index contributed by atoms with van der Waals surface area (Å²) in [6, 6.07) is 5.57. The van der Waals surface area contributed by atoms with E-state index in [1.54, 1.807) is 6.20 Å². The molecule has 1 fully saturated rings. The Morgan fingerprint density at radius 3 is 1.82 bits per heavy atom. The van der Waals surface area contributed by atoms with Gasteiger partial charge in [0.05, 0.1) is 12.2 Å². The highest BCUT2D eigenvalue weighted by atomic mass is 16.6. The molecule has 0 aliphatic heterocycles. The summed E-state index contributed by atoms with van der Waals surface area (Å²) in [6.45, 7) is 3.78.